The third-order valence-electron chi connectivity index (χ3n) is 6.50. The summed E-state index contributed by atoms with van der Waals surface area (Å²) in [5, 5.41) is 3.24. The van der Waals surface area contributed by atoms with Crippen molar-refractivity contribution in [3.8, 4) is 0 Å². The van der Waals surface area contributed by atoms with Crippen molar-refractivity contribution in [2.75, 3.05) is 26.2 Å². The summed E-state index contributed by atoms with van der Waals surface area (Å²) in [4.78, 5) is 34.7. The molecule has 6 heteroatoms. The number of aromatic nitrogens is 1. The number of thiazole rings is 1. The average molecular weight is 426 g/mol. The van der Waals surface area contributed by atoms with Gasteiger partial charge < -0.3 is 4.90 Å². The van der Waals surface area contributed by atoms with Gasteiger partial charge in [-0.2, -0.15) is 0 Å². The Hall–Kier alpha value is -2.05. The van der Waals surface area contributed by atoms with Crippen LogP contribution in [-0.2, 0) is 11.3 Å². The first-order chi connectivity index (χ1) is 14.5. The summed E-state index contributed by atoms with van der Waals surface area (Å²) in [7, 11) is 0. The van der Waals surface area contributed by atoms with E-state index in [1.54, 1.807) is 11.3 Å². The van der Waals surface area contributed by atoms with Gasteiger partial charge in [0.15, 0.2) is 5.78 Å². The van der Waals surface area contributed by atoms with Crippen LogP contribution < -0.4 is 0 Å². The number of Topliss-reactive ketones (excluding diaryl/α,β-unsaturated/α-hetero) is 1. The third kappa shape index (κ3) is 4.98. The van der Waals surface area contributed by atoms with E-state index in [0.717, 1.165) is 61.6 Å². The zero-order chi connectivity index (χ0) is 21.1. The number of hydrogen-bond donors (Lipinski definition) is 0. The van der Waals surface area contributed by atoms with Crippen LogP contribution in [0.5, 0.6) is 0 Å². The fraction of sp³-hybridized carbons (Fsp3) is 0.542. The highest BCUT2D eigenvalue weighted by Crippen LogP contribution is 2.26. The molecule has 2 aliphatic rings. The second-order valence-electron chi connectivity index (χ2n) is 8.74. The minimum atomic E-state index is 0.0418. The lowest BCUT2D eigenvalue weighted by molar-refractivity contribution is -0.138. The summed E-state index contributed by atoms with van der Waals surface area (Å²) < 4.78 is 0. The van der Waals surface area contributed by atoms with Gasteiger partial charge in [-0.25, -0.2) is 4.98 Å². The van der Waals surface area contributed by atoms with Gasteiger partial charge in [-0.3, -0.25) is 14.5 Å². The maximum absolute atomic E-state index is 13.0. The normalized spacial score (nSPS) is 19.2. The molecule has 0 radical (unpaired) electrons. The van der Waals surface area contributed by atoms with E-state index >= 15 is 0 Å². The highest BCUT2D eigenvalue weighted by Gasteiger charge is 2.32. The smallest absolute Gasteiger partial charge is 0.225 e. The molecule has 0 aliphatic carbocycles. The first-order valence-electron chi connectivity index (χ1n) is 11.0. The molecular formula is C24H31N3O2S. The van der Waals surface area contributed by atoms with Gasteiger partial charge >= 0.3 is 0 Å². The molecule has 0 saturated carbocycles. The quantitative estimate of drug-likeness (QED) is 0.677. The van der Waals surface area contributed by atoms with E-state index in [1.165, 1.54) is 5.56 Å². The van der Waals surface area contributed by atoms with Crippen LogP contribution in [-0.4, -0.2) is 52.7 Å². The van der Waals surface area contributed by atoms with E-state index in [1.807, 2.05) is 43.0 Å². The lowest BCUT2D eigenvalue weighted by atomic mass is 9.87. The Kier molecular flexibility index (Phi) is 6.64. The SMILES string of the molecule is Cc1ccc(C(=O)C2CCN(C(=O)C3CCN(Cc4csc(C)n4)CC3)CC2)cc1. The summed E-state index contributed by atoms with van der Waals surface area (Å²) >= 11 is 1.70. The van der Waals surface area contributed by atoms with Gasteiger partial charge in [0.2, 0.25) is 5.91 Å². The summed E-state index contributed by atoms with van der Waals surface area (Å²) in [5.74, 6) is 0.691. The maximum atomic E-state index is 13.0. The van der Waals surface area contributed by atoms with Gasteiger partial charge in [-0.1, -0.05) is 29.8 Å². The van der Waals surface area contributed by atoms with Crippen molar-refractivity contribution in [1.29, 1.82) is 0 Å². The van der Waals surface area contributed by atoms with E-state index in [9.17, 15) is 9.59 Å². The van der Waals surface area contributed by atoms with Crippen LogP contribution >= 0.6 is 11.3 Å². The molecule has 0 atom stereocenters. The largest absolute Gasteiger partial charge is 0.342 e. The number of likely N-dealkylation sites (tertiary alicyclic amines) is 2. The predicted molar refractivity (Wildman–Crippen MR) is 120 cm³/mol. The van der Waals surface area contributed by atoms with Crippen LogP contribution in [0.1, 0.15) is 52.3 Å². The van der Waals surface area contributed by atoms with Crippen molar-refractivity contribution in [2.45, 2.75) is 46.1 Å². The Balaban J connectivity index is 1.23. The molecule has 1 amide bonds. The average Bonchev–Trinajstić information content (AvgIpc) is 3.18. The molecule has 30 heavy (non-hydrogen) atoms. The van der Waals surface area contributed by atoms with Crippen molar-refractivity contribution < 1.29 is 9.59 Å². The van der Waals surface area contributed by atoms with E-state index in [2.05, 4.69) is 15.3 Å². The van der Waals surface area contributed by atoms with E-state index in [4.69, 9.17) is 0 Å². The molecule has 0 N–H and O–H groups in total. The number of nitrogens with zero attached hydrogens (tertiary/aromatic N) is 3. The first kappa shape index (κ1) is 21.2. The van der Waals surface area contributed by atoms with Gasteiger partial charge in [0.05, 0.1) is 10.7 Å². The Morgan fingerprint density at radius 3 is 2.20 bits per heavy atom. The number of carbonyl (C=O) groups excluding carboxylic acids is 2. The molecule has 0 unspecified atom stereocenters. The van der Waals surface area contributed by atoms with Crippen molar-refractivity contribution in [2.24, 2.45) is 11.8 Å². The highest BCUT2D eigenvalue weighted by atomic mass is 32.1. The Bertz CT molecular complexity index is 876. The highest BCUT2D eigenvalue weighted by molar-refractivity contribution is 7.09. The third-order valence-corrected chi connectivity index (χ3v) is 7.32. The molecule has 5 nitrogen and oxygen atoms in total. The number of amides is 1. The van der Waals surface area contributed by atoms with Crippen molar-refractivity contribution in [1.82, 2.24) is 14.8 Å². The van der Waals surface area contributed by atoms with Crippen molar-refractivity contribution in [3.05, 3.63) is 51.5 Å². The van der Waals surface area contributed by atoms with E-state index < -0.39 is 0 Å². The summed E-state index contributed by atoms with van der Waals surface area (Å²) in [5.41, 5.74) is 3.11. The van der Waals surface area contributed by atoms with Crippen LogP contribution in [0.3, 0.4) is 0 Å². The number of benzene rings is 1. The number of aryl methyl sites for hydroxylation is 2. The summed E-state index contributed by atoms with van der Waals surface area (Å²) in [6.07, 6.45) is 3.40. The number of piperidine rings is 2. The molecule has 2 saturated heterocycles. The molecule has 1 aromatic heterocycles. The molecule has 0 bridgehead atoms. The molecule has 4 rings (SSSR count). The Morgan fingerprint density at radius 1 is 0.967 bits per heavy atom. The fourth-order valence-electron chi connectivity index (χ4n) is 4.62. The van der Waals surface area contributed by atoms with E-state index in [0.29, 0.717) is 19.0 Å². The standard InChI is InChI=1S/C24H31N3O2S/c1-17-3-5-19(6-4-17)23(28)20-9-13-27(14-10-20)24(29)21-7-11-26(12-8-21)15-22-16-30-18(2)25-22/h3-6,16,20-21H,7-15H2,1-2H3. The van der Waals surface area contributed by atoms with Crippen LogP contribution in [0.25, 0.3) is 0 Å². The van der Waals surface area contributed by atoms with Gasteiger partial charge in [0, 0.05) is 42.4 Å². The second-order valence-corrected chi connectivity index (χ2v) is 9.80. The van der Waals surface area contributed by atoms with E-state index in [-0.39, 0.29) is 17.6 Å². The number of hydrogen-bond acceptors (Lipinski definition) is 5. The first-order valence-corrected chi connectivity index (χ1v) is 11.9. The van der Waals surface area contributed by atoms with Crippen molar-refractivity contribution >= 4 is 23.0 Å². The van der Waals surface area contributed by atoms with Crippen LogP contribution in [0.4, 0.5) is 0 Å². The molecule has 2 fully saturated rings. The van der Waals surface area contributed by atoms with Gasteiger partial charge in [-0.15, -0.1) is 11.3 Å². The Labute approximate surface area is 183 Å². The minimum Gasteiger partial charge on any atom is -0.342 e. The fourth-order valence-corrected chi connectivity index (χ4v) is 5.23. The molecule has 160 valence electrons. The maximum Gasteiger partial charge on any atom is 0.225 e. The topological polar surface area (TPSA) is 53.5 Å². The van der Waals surface area contributed by atoms with Gasteiger partial charge in [0.25, 0.3) is 0 Å². The number of carbonyl (C=O) groups is 2. The molecule has 1 aromatic carbocycles. The minimum absolute atomic E-state index is 0.0418. The zero-order valence-electron chi connectivity index (χ0n) is 18.0. The number of ketones is 1. The molecule has 2 aliphatic heterocycles. The lowest BCUT2D eigenvalue weighted by Gasteiger charge is -2.37. The van der Waals surface area contributed by atoms with Crippen LogP contribution in [0.15, 0.2) is 29.6 Å². The Morgan fingerprint density at radius 2 is 1.60 bits per heavy atom. The lowest BCUT2D eigenvalue weighted by Crippen LogP contribution is -2.46. The monoisotopic (exact) mass is 425 g/mol. The molecular weight excluding hydrogens is 394 g/mol. The van der Waals surface area contributed by atoms with Gasteiger partial charge in [-0.05, 0) is 52.6 Å². The number of rotatable bonds is 5. The predicted octanol–water partition coefficient (Wildman–Crippen LogP) is 4.09. The summed E-state index contributed by atoms with van der Waals surface area (Å²) in [6, 6.07) is 7.84. The molecule has 0 spiro atoms. The van der Waals surface area contributed by atoms with Gasteiger partial charge in [0.1, 0.15) is 0 Å². The van der Waals surface area contributed by atoms with Crippen LogP contribution in [0.2, 0.25) is 0 Å². The zero-order valence-corrected chi connectivity index (χ0v) is 18.8. The van der Waals surface area contributed by atoms with Crippen LogP contribution in [0, 0.1) is 25.7 Å². The summed E-state index contributed by atoms with van der Waals surface area (Å²) in [6.45, 7) is 8.28. The van der Waals surface area contributed by atoms with Crippen molar-refractivity contribution in [3.63, 3.8) is 0 Å². The second kappa shape index (κ2) is 9.40. The molecule has 2 aromatic rings. The molecule has 3 heterocycles.